The lowest BCUT2D eigenvalue weighted by atomic mass is 10.1. The Morgan fingerprint density at radius 1 is 0.724 bits per heavy atom. The molecule has 3 heteroatoms. The molecular formula is C26H32N2O. The number of hydrogen-bond donors (Lipinski definition) is 1. The highest BCUT2D eigenvalue weighted by molar-refractivity contribution is 5.54. The Balaban J connectivity index is 1.51. The molecule has 0 fully saturated rings. The van der Waals surface area contributed by atoms with Crippen molar-refractivity contribution in [1.29, 1.82) is 0 Å². The monoisotopic (exact) mass is 388 g/mol. The van der Waals surface area contributed by atoms with Crippen molar-refractivity contribution in [3.8, 4) is 5.75 Å². The van der Waals surface area contributed by atoms with Crippen molar-refractivity contribution in [2.45, 2.75) is 32.8 Å². The summed E-state index contributed by atoms with van der Waals surface area (Å²) in [4.78, 5) is 2.54. The zero-order chi connectivity index (χ0) is 20.3. The number of anilines is 1. The van der Waals surface area contributed by atoms with Gasteiger partial charge in [-0.25, -0.2) is 0 Å². The van der Waals surface area contributed by atoms with E-state index in [2.05, 4.69) is 66.4 Å². The smallest absolute Gasteiger partial charge is 0.142 e. The molecule has 0 spiro atoms. The molecule has 0 heterocycles. The quantitative estimate of drug-likeness (QED) is 0.450. The van der Waals surface area contributed by atoms with Crippen LogP contribution in [0.3, 0.4) is 0 Å². The number of hydrogen-bond acceptors (Lipinski definition) is 3. The van der Waals surface area contributed by atoms with E-state index in [1.165, 1.54) is 17.5 Å². The van der Waals surface area contributed by atoms with Gasteiger partial charge in [0.1, 0.15) is 12.4 Å². The van der Waals surface area contributed by atoms with Gasteiger partial charge in [-0.15, -0.1) is 0 Å². The Morgan fingerprint density at radius 3 is 1.97 bits per heavy atom. The Morgan fingerprint density at radius 2 is 1.34 bits per heavy atom. The van der Waals surface area contributed by atoms with Crippen molar-refractivity contribution in [2.24, 2.45) is 0 Å². The summed E-state index contributed by atoms with van der Waals surface area (Å²) in [5, 5.41) is 0. The average Bonchev–Trinajstić information content (AvgIpc) is 2.76. The maximum absolute atomic E-state index is 6.25. The van der Waals surface area contributed by atoms with Crippen LogP contribution in [0, 0.1) is 0 Å². The van der Waals surface area contributed by atoms with E-state index in [9.17, 15) is 0 Å². The second-order valence-electron chi connectivity index (χ2n) is 7.47. The highest BCUT2D eigenvalue weighted by Gasteiger charge is 2.07. The largest absolute Gasteiger partial charge is 0.487 e. The molecule has 152 valence electrons. The molecule has 2 N–H and O–H groups in total. The van der Waals surface area contributed by atoms with E-state index in [0.29, 0.717) is 12.3 Å². The lowest BCUT2D eigenvalue weighted by molar-refractivity contribution is 0.281. The van der Waals surface area contributed by atoms with Crippen molar-refractivity contribution in [3.05, 3.63) is 95.6 Å². The lowest BCUT2D eigenvalue weighted by Crippen LogP contribution is -2.29. The molecule has 3 aromatic rings. The second kappa shape index (κ2) is 11.3. The van der Waals surface area contributed by atoms with Gasteiger partial charge in [0.2, 0.25) is 0 Å². The van der Waals surface area contributed by atoms with Crippen LogP contribution in [0.4, 0.5) is 5.69 Å². The molecule has 0 aliphatic heterocycles. The molecule has 0 bridgehead atoms. The standard InChI is InChI=1S/C26H32N2O/c1-2-17-28(18-15-22-9-5-3-6-10-22)19-16-23-13-14-26(25(27)20-23)29-21-24-11-7-4-8-12-24/h3-14,20H,2,15-19,21,27H2,1H3. The molecular weight excluding hydrogens is 356 g/mol. The predicted octanol–water partition coefficient (Wildman–Crippen LogP) is 5.35. The van der Waals surface area contributed by atoms with E-state index >= 15 is 0 Å². The first kappa shape index (κ1) is 20.9. The average molecular weight is 389 g/mol. The van der Waals surface area contributed by atoms with Crippen LogP contribution in [0.25, 0.3) is 0 Å². The molecule has 0 aliphatic carbocycles. The minimum atomic E-state index is 0.536. The maximum Gasteiger partial charge on any atom is 0.142 e. The molecule has 0 saturated heterocycles. The molecule has 0 atom stereocenters. The summed E-state index contributed by atoms with van der Waals surface area (Å²) in [7, 11) is 0. The van der Waals surface area contributed by atoms with Gasteiger partial charge in [-0.3, -0.25) is 0 Å². The molecule has 29 heavy (non-hydrogen) atoms. The van der Waals surface area contributed by atoms with Crippen molar-refractivity contribution < 1.29 is 4.74 Å². The number of benzene rings is 3. The Bertz CT molecular complexity index is 849. The van der Waals surface area contributed by atoms with Gasteiger partial charge in [0.15, 0.2) is 0 Å². The van der Waals surface area contributed by atoms with Gasteiger partial charge < -0.3 is 15.4 Å². The highest BCUT2D eigenvalue weighted by Crippen LogP contribution is 2.24. The number of rotatable bonds is 11. The minimum Gasteiger partial charge on any atom is -0.487 e. The fraction of sp³-hybridized carbons (Fsp3) is 0.308. The van der Waals surface area contributed by atoms with Crippen LogP contribution in [0.1, 0.15) is 30.0 Å². The van der Waals surface area contributed by atoms with Crippen molar-refractivity contribution in [1.82, 2.24) is 4.90 Å². The van der Waals surface area contributed by atoms with Gasteiger partial charge in [0.05, 0.1) is 5.69 Å². The topological polar surface area (TPSA) is 38.5 Å². The van der Waals surface area contributed by atoms with Gasteiger partial charge >= 0.3 is 0 Å². The van der Waals surface area contributed by atoms with E-state index < -0.39 is 0 Å². The van der Waals surface area contributed by atoms with Crippen LogP contribution in [0.2, 0.25) is 0 Å². The minimum absolute atomic E-state index is 0.536. The first-order chi connectivity index (χ1) is 14.2. The SMILES string of the molecule is CCCN(CCc1ccccc1)CCc1ccc(OCc2ccccc2)c(N)c1. The van der Waals surface area contributed by atoms with Crippen LogP contribution in [0.5, 0.6) is 5.75 Å². The van der Waals surface area contributed by atoms with Gasteiger partial charge in [-0.1, -0.05) is 73.7 Å². The highest BCUT2D eigenvalue weighted by atomic mass is 16.5. The van der Waals surface area contributed by atoms with Crippen LogP contribution >= 0.6 is 0 Å². The number of nitrogens with two attached hydrogens (primary N) is 1. The maximum atomic E-state index is 6.25. The summed E-state index contributed by atoms with van der Waals surface area (Å²) < 4.78 is 5.89. The van der Waals surface area contributed by atoms with E-state index in [4.69, 9.17) is 10.5 Å². The summed E-state index contributed by atoms with van der Waals surface area (Å²) in [5.41, 5.74) is 10.8. The summed E-state index contributed by atoms with van der Waals surface area (Å²) in [6.07, 6.45) is 3.26. The fourth-order valence-corrected chi connectivity index (χ4v) is 3.49. The van der Waals surface area contributed by atoms with Crippen molar-refractivity contribution in [3.63, 3.8) is 0 Å². The van der Waals surface area contributed by atoms with Crippen LogP contribution in [0.15, 0.2) is 78.9 Å². The van der Waals surface area contributed by atoms with E-state index in [-0.39, 0.29) is 0 Å². The Hall–Kier alpha value is -2.78. The predicted molar refractivity (Wildman–Crippen MR) is 122 cm³/mol. The molecule has 0 unspecified atom stereocenters. The van der Waals surface area contributed by atoms with E-state index in [0.717, 1.165) is 43.8 Å². The lowest BCUT2D eigenvalue weighted by Gasteiger charge is -2.22. The van der Waals surface area contributed by atoms with E-state index in [1.807, 2.05) is 24.3 Å². The number of nitrogens with zero attached hydrogens (tertiary/aromatic N) is 1. The molecule has 0 aromatic heterocycles. The van der Waals surface area contributed by atoms with Crippen molar-refractivity contribution in [2.75, 3.05) is 25.4 Å². The molecule has 0 aliphatic rings. The first-order valence-corrected chi connectivity index (χ1v) is 10.6. The molecule has 0 saturated carbocycles. The number of ether oxygens (including phenoxy) is 1. The third-order valence-electron chi connectivity index (χ3n) is 5.13. The fourth-order valence-electron chi connectivity index (χ4n) is 3.49. The van der Waals surface area contributed by atoms with Gasteiger partial charge in [0.25, 0.3) is 0 Å². The number of nitrogen functional groups attached to an aromatic ring is 1. The molecule has 0 amide bonds. The van der Waals surface area contributed by atoms with Crippen LogP contribution < -0.4 is 10.5 Å². The van der Waals surface area contributed by atoms with E-state index in [1.54, 1.807) is 0 Å². The Kier molecular flexibility index (Phi) is 8.14. The molecule has 0 radical (unpaired) electrons. The first-order valence-electron chi connectivity index (χ1n) is 10.6. The normalized spacial score (nSPS) is 11.0. The third-order valence-corrected chi connectivity index (χ3v) is 5.13. The third kappa shape index (κ3) is 6.95. The molecule has 3 nitrogen and oxygen atoms in total. The zero-order valence-corrected chi connectivity index (χ0v) is 17.4. The zero-order valence-electron chi connectivity index (χ0n) is 17.4. The summed E-state index contributed by atoms with van der Waals surface area (Å²) in [6, 6.07) is 27.1. The van der Waals surface area contributed by atoms with Gasteiger partial charge in [-0.05, 0) is 54.6 Å². The van der Waals surface area contributed by atoms with Crippen LogP contribution in [-0.4, -0.2) is 24.5 Å². The van der Waals surface area contributed by atoms with Crippen LogP contribution in [-0.2, 0) is 19.4 Å². The summed E-state index contributed by atoms with van der Waals surface area (Å²) >= 11 is 0. The molecule has 3 rings (SSSR count). The summed E-state index contributed by atoms with van der Waals surface area (Å²) in [5.74, 6) is 0.757. The van der Waals surface area contributed by atoms with Gasteiger partial charge in [-0.2, -0.15) is 0 Å². The van der Waals surface area contributed by atoms with Crippen molar-refractivity contribution >= 4 is 5.69 Å². The summed E-state index contributed by atoms with van der Waals surface area (Å²) in [6.45, 7) is 6.04. The second-order valence-corrected chi connectivity index (χ2v) is 7.47. The molecule has 3 aromatic carbocycles. The Labute approximate surface area is 175 Å². The van der Waals surface area contributed by atoms with Gasteiger partial charge in [0, 0.05) is 13.1 Å².